The second-order valence-electron chi connectivity index (χ2n) is 1.43. The van der Waals surface area contributed by atoms with Gasteiger partial charge in [0, 0.05) is 13.0 Å². The lowest BCUT2D eigenvalue weighted by Gasteiger charge is -1.62. The number of nitrogen functional groups attached to an aromatic ring is 1. The fourth-order valence-corrected chi connectivity index (χ4v) is 0.985. The lowest BCUT2D eigenvalue weighted by atomic mass is 10.5. The molecular formula is C4H7N2S+. The minimum Gasteiger partial charge on any atom is -0.386 e. The molecule has 0 saturated heterocycles. The number of nitrogens with one attached hydrogen (secondary N) is 1. The summed E-state index contributed by atoms with van der Waals surface area (Å²) in [5.74, 6) is 0. The molecule has 1 rings (SSSR count). The summed E-state index contributed by atoms with van der Waals surface area (Å²) in [7, 11) is 0. The van der Waals surface area contributed by atoms with E-state index in [1.54, 1.807) is 0 Å². The van der Waals surface area contributed by atoms with Gasteiger partial charge in [-0.15, -0.1) is 0 Å². The van der Waals surface area contributed by atoms with E-state index < -0.39 is 0 Å². The predicted molar refractivity (Wildman–Crippen MR) is 30.0 cm³/mol. The Hall–Kier alpha value is -0.570. The van der Waals surface area contributed by atoms with Gasteiger partial charge in [0.2, 0.25) is 0 Å². The normalized spacial score (nSPS) is 9.29. The van der Waals surface area contributed by atoms with E-state index >= 15 is 0 Å². The number of H-pyrrole nitrogens is 1. The SMILES string of the molecule is Cc1cc(N)s[nH+]1. The van der Waals surface area contributed by atoms with E-state index in [1.165, 1.54) is 11.5 Å². The minimum atomic E-state index is 0.845. The maximum Gasteiger partial charge on any atom is 0.193 e. The zero-order valence-corrected chi connectivity index (χ0v) is 4.88. The Bertz CT molecular complexity index is 142. The van der Waals surface area contributed by atoms with E-state index in [1.807, 2.05) is 13.0 Å². The van der Waals surface area contributed by atoms with Crippen molar-refractivity contribution in [2.75, 3.05) is 5.73 Å². The van der Waals surface area contributed by atoms with Crippen LogP contribution in [-0.2, 0) is 0 Å². The molecule has 1 aromatic heterocycles. The van der Waals surface area contributed by atoms with Crippen LogP contribution in [0.2, 0.25) is 0 Å². The van der Waals surface area contributed by atoms with Gasteiger partial charge in [0.1, 0.15) is 0 Å². The van der Waals surface area contributed by atoms with Crippen LogP contribution in [0.1, 0.15) is 5.69 Å². The number of anilines is 1. The molecule has 38 valence electrons. The summed E-state index contributed by atoms with van der Waals surface area (Å²) in [6.07, 6.45) is 0. The third-order valence-corrected chi connectivity index (χ3v) is 1.47. The summed E-state index contributed by atoms with van der Waals surface area (Å²) in [6.45, 7) is 1.98. The van der Waals surface area contributed by atoms with Crippen molar-refractivity contribution in [2.45, 2.75) is 6.92 Å². The average Bonchev–Trinajstić information content (AvgIpc) is 1.87. The van der Waals surface area contributed by atoms with Gasteiger partial charge in [-0.3, -0.25) is 0 Å². The maximum atomic E-state index is 5.37. The summed E-state index contributed by atoms with van der Waals surface area (Å²) in [5.41, 5.74) is 6.49. The molecule has 0 spiro atoms. The number of aryl methyl sites for hydroxylation is 1. The molecule has 0 aromatic carbocycles. The van der Waals surface area contributed by atoms with Crippen molar-refractivity contribution in [1.82, 2.24) is 0 Å². The van der Waals surface area contributed by atoms with Crippen LogP contribution in [-0.4, -0.2) is 0 Å². The van der Waals surface area contributed by atoms with E-state index in [0.29, 0.717) is 0 Å². The molecule has 0 aliphatic carbocycles. The van der Waals surface area contributed by atoms with Gasteiger partial charge in [-0.05, 0) is 0 Å². The molecule has 0 unspecified atom stereocenters. The first-order valence-corrected chi connectivity index (χ1v) is 2.84. The van der Waals surface area contributed by atoms with Crippen LogP contribution < -0.4 is 10.1 Å². The van der Waals surface area contributed by atoms with Gasteiger partial charge < -0.3 is 5.73 Å². The van der Waals surface area contributed by atoms with Crippen molar-refractivity contribution in [2.24, 2.45) is 0 Å². The van der Waals surface area contributed by atoms with Crippen molar-refractivity contribution in [3.63, 3.8) is 0 Å². The van der Waals surface area contributed by atoms with E-state index in [2.05, 4.69) is 4.37 Å². The van der Waals surface area contributed by atoms with Gasteiger partial charge in [-0.1, -0.05) is 0 Å². The van der Waals surface area contributed by atoms with E-state index in [0.717, 1.165) is 10.7 Å². The van der Waals surface area contributed by atoms with Crippen LogP contribution >= 0.6 is 11.5 Å². The number of aromatic nitrogens is 1. The molecule has 0 saturated carbocycles. The van der Waals surface area contributed by atoms with Gasteiger partial charge >= 0.3 is 0 Å². The lowest BCUT2D eigenvalue weighted by molar-refractivity contribution is -0.300. The zero-order valence-electron chi connectivity index (χ0n) is 4.06. The first-order valence-electron chi connectivity index (χ1n) is 2.02. The van der Waals surface area contributed by atoms with Crippen molar-refractivity contribution in [1.29, 1.82) is 0 Å². The molecule has 3 heteroatoms. The topological polar surface area (TPSA) is 40.2 Å². The first kappa shape index (κ1) is 4.59. The summed E-state index contributed by atoms with van der Waals surface area (Å²) < 4.78 is 2.98. The van der Waals surface area contributed by atoms with Gasteiger partial charge in [0.15, 0.2) is 22.2 Å². The van der Waals surface area contributed by atoms with Crippen LogP contribution in [0.4, 0.5) is 5.00 Å². The highest BCUT2D eigenvalue weighted by Gasteiger charge is 1.95. The Morgan fingerprint density at radius 3 is 2.71 bits per heavy atom. The summed E-state index contributed by atoms with van der Waals surface area (Å²) in [6, 6.07) is 1.91. The van der Waals surface area contributed by atoms with E-state index in [4.69, 9.17) is 5.73 Å². The molecule has 0 amide bonds. The zero-order chi connectivity index (χ0) is 5.28. The molecule has 0 fully saturated rings. The molecule has 0 atom stereocenters. The van der Waals surface area contributed by atoms with Crippen molar-refractivity contribution < 1.29 is 4.37 Å². The van der Waals surface area contributed by atoms with Crippen molar-refractivity contribution >= 4 is 16.5 Å². The minimum absolute atomic E-state index is 0.845. The highest BCUT2D eigenvalue weighted by Crippen LogP contribution is 2.03. The molecule has 1 heterocycles. The van der Waals surface area contributed by atoms with Gasteiger partial charge in [0.25, 0.3) is 0 Å². The predicted octanol–water partition coefficient (Wildman–Crippen LogP) is 0.453. The number of hydrogen-bond donors (Lipinski definition) is 1. The number of rotatable bonds is 0. The van der Waals surface area contributed by atoms with Crippen LogP contribution in [0.25, 0.3) is 0 Å². The molecule has 1 aromatic rings. The van der Waals surface area contributed by atoms with E-state index in [-0.39, 0.29) is 0 Å². The molecular weight excluding hydrogens is 108 g/mol. The largest absolute Gasteiger partial charge is 0.386 e. The average molecular weight is 115 g/mol. The third kappa shape index (κ3) is 0.899. The standard InChI is InChI=1S/C4H6N2S/c1-3-2-4(5)7-6-3/h2H,5H2,1H3/p+1. The molecule has 0 radical (unpaired) electrons. The Balaban J connectivity index is 3.04. The van der Waals surface area contributed by atoms with Gasteiger partial charge in [-0.2, -0.15) is 4.37 Å². The summed E-state index contributed by atoms with van der Waals surface area (Å²) in [4.78, 5) is 0. The summed E-state index contributed by atoms with van der Waals surface area (Å²) in [5, 5.41) is 0.845. The van der Waals surface area contributed by atoms with Crippen LogP contribution in [0, 0.1) is 6.92 Å². The fraction of sp³-hybridized carbons (Fsp3) is 0.250. The quantitative estimate of drug-likeness (QED) is 0.524. The molecule has 2 nitrogen and oxygen atoms in total. The Labute approximate surface area is 46.1 Å². The molecule has 0 bridgehead atoms. The monoisotopic (exact) mass is 115 g/mol. The van der Waals surface area contributed by atoms with Crippen LogP contribution in [0.3, 0.4) is 0 Å². The lowest BCUT2D eigenvalue weighted by Crippen LogP contribution is -1.92. The molecule has 7 heavy (non-hydrogen) atoms. The number of hydrogen-bond acceptors (Lipinski definition) is 2. The maximum absolute atomic E-state index is 5.37. The second-order valence-corrected chi connectivity index (χ2v) is 2.31. The summed E-state index contributed by atoms with van der Waals surface area (Å²) >= 11 is 1.46. The smallest absolute Gasteiger partial charge is 0.193 e. The number of aromatic amines is 1. The fourth-order valence-electron chi connectivity index (χ4n) is 0.412. The first-order chi connectivity index (χ1) is 3.29. The number of nitrogens with two attached hydrogens (primary N) is 1. The van der Waals surface area contributed by atoms with Crippen LogP contribution in [0.15, 0.2) is 6.07 Å². The second kappa shape index (κ2) is 1.50. The van der Waals surface area contributed by atoms with Crippen LogP contribution in [0.5, 0.6) is 0 Å². The molecule has 0 aliphatic rings. The Morgan fingerprint density at radius 1 is 1.86 bits per heavy atom. The van der Waals surface area contributed by atoms with Crippen molar-refractivity contribution in [3.8, 4) is 0 Å². The van der Waals surface area contributed by atoms with Crippen molar-refractivity contribution in [3.05, 3.63) is 11.8 Å². The molecule has 3 N–H and O–H groups in total. The van der Waals surface area contributed by atoms with Gasteiger partial charge in [-0.25, -0.2) is 0 Å². The molecule has 0 aliphatic heterocycles. The van der Waals surface area contributed by atoms with E-state index in [9.17, 15) is 0 Å². The highest BCUT2D eigenvalue weighted by atomic mass is 32.1. The Kier molecular flexibility index (Phi) is 0.982. The Morgan fingerprint density at radius 2 is 2.57 bits per heavy atom. The van der Waals surface area contributed by atoms with Gasteiger partial charge in [0.05, 0.1) is 0 Å². The highest BCUT2D eigenvalue weighted by molar-refractivity contribution is 7.05. The third-order valence-electron chi connectivity index (χ3n) is 0.689.